The first-order valence-corrected chi connectivity index (χ1v) is 14.0. The number of ether oxygens (including phenoxy) is 1. The van der Waals surface area contributed by atoms with E-state index in [9.17, 15) is 20.1 Å². The van der Waals surface area contributed by atoms with Gasteiger partial charge in [-0.3, -0.25) is 4.79 Å². The Labute approximate surface area is 212 Å². The smallest absolute Gasteiger partial charge is 0.164 e. The molecule has 4 aliphatic rings. The van der Waals surface area contributed by atoms with Crippen LogP contribution in [0.25, 0.3) is 0 Å². The number of fused-ring (bicyclic) bond motifs is 2. The van der Waals surface area contributed by atoms with Gasteiger partial charge in [0, 0.05) is 6.42 Å². The quantitative estimate of drug-likeness (QED) is 0.471. The van der Waals surface area contributed by atoms with Crippen LogP contribution in [0.1, 0.15) is 106 Å². The summed E-state index contributed by atoms with van der Waals surface area (Å²) in [6, 6.07) is 0. The van der Waals surface area contributed by atoms with Gasteiger partial charge in [-0.15, -0.1) is 0 Å². The lowest BCUT2D eigenvalue weighted by atomic mass is 9.55. The Bertz CT molecular complexity index is 853. The van der Waals surface area contributed by atoms with Gasteiger partial charge in [-0.1, -0.05) is 26.8 Å². The molecule has 5 heteroatoms. The van der Waals surface area contributed by atoms with Gasteiger partial charge in [-0.05, 0) is 119 Å². The van der Waals surface area contributed by atoms with Crippen molar-refractivity contribution < 1.29 is 24.9 Å². The zero-order chi connectivity index (χ0) is 26.0. The fraction of sp³-hybridized carbons (Fsp3) is 0.900. The molecule has 3 aliphatic carbocycles. The highest BCUT2D eigenvalue weighted by Gasteiger charge is 2.58. The van der Waals surface area contributed by atoms with Gasteiger partial charge in [0.2, 0.25) is 0 Å². The Morgan fingerprint density at radius 3 is 2.23 bits per heavy atom. The molecule has 0 unspecified atom stereocenters. The van der Waals surface area contributed by atoms with Crippen molar-refractivity contribution in [3.63, 3.8) is 0 Å². The van der Waals surface area contributed by atoms with Gasteiger partial charge >= 0.3 is 0 Å². The zero-order valence-corrected chi connectivity index (χ0v) is 23.2. The molecule has 0 radical (unpaired) electrons. The van der Waals surface area contributed by atoms with Crippen LogP contribution in [-0.2, 0) is 9.53 Å². The topological polar surface area (TPSA) is 87.0 Å². The minimum atomic E-state index is -0.816. The molecular formula is C30H50O5. The van der Waals surface area contributed by atoms with Gasteiger partial charge in [0.15, 0.2) is 5.78 Å². The number of Topliss-reactive ketones (excluding diaryl/α,β-unsaturated/α-hetero) is 1. The first-order chi connectivity index (χ1) is 16.1. The fourth-order valence-corrected chi connectivity index (χ4v) is 8.94. The van der Waals surface area contributed by atoms with Crippen LogP contribution in [0.3, 0.4) is 0 Å². The summed E-state index contributed by atoms with van der Waals surface area (Å²) in [6.45, 7) is 14.7. The number of carbonyl (C=O) groups excluding carboxylic acids is 1. The number of rotatable bonds is 4. The maximum Gasteiger partial charge on any atom is 0.164 e. The lowest BCUT2D eigenvalue weighted by Gasteiger charge is -2.54. The molecular weight excluding hydrogens is 440 g/mol. The van der Waals surface area contributed by atoms with Crippen molar-refractivity contribution in [2.24, 2.45) is 34.5 Å². The molecule has 200 valence electrons. The van der Waals surface area contributed by atoms with E-state index in [1.807, 2.05) is 27.7 Å². The number of carbonyl (C=O) groups is 1. The average Bonchev–Trinajstić information content (AvgIpc) is 2.96. The molecule has 3 N–H and O–H groups in total. The molecule has 5 nitrogen and oxygen atoms in total. The first-order valence-electron chi connectivity index (χ1n) is 14.0. The first kappa shape index (κ1) is 27.3. The van der Waals surface area contributed by atoms with E-state index in [1.165, 1.54) is 0 Å². The number of hydrogen-bond acceptors (Lipinski definition) is 5. The van der Waals surface area contributed by atoms with Crippen LogP contribution < -0.4 is 0 Å². The summed E-state index contributed by atoms with van der Waals surface area (Å²) in [5, 5.41) is 33.1. The monoisotopic (exact) mass is 490 g/mol. The number of ketones is 1. The predicted octanol–water partition coefficient (Wildman–Crippen LogP) is 5.20. The molecule has 0 amide bonds. The molecule has 2 saturated carbocycles. The summed E-state index contributed by atoms with van der Waals surface area (Å²) in [5.41, 5.74) is -1.49. The Hall–Kier alpha value is -0.750. The van der Waals surface area contributed by atoms with E-state index in [-0.39, 0.29) is 47.1 Å². The van der Waals surface area contributed by atoms with Crippen LogP contribution in [-0.4, -0.2) is 50.6 Å². The number of allylic oxidation sites excluding steroid dienone is 1. The van der Waals surface area contributed by atoms with Gasteiger partial charge in [0.05, 0.1) is 23.9 Å². The third kappa shape index (κ3) is 4.57. The lowest BCUT2D eigenvalue weighted by molar-refractivity contribution is -0.196. The molecule has 0 spiro atoms. The third-order valence-corrected chi connectivity index (χ3v) is 11.3. The largest absolute Gasteiger partial charge is 0.392 e. The molecule has 1 aliphatic heterocycles. The van der Waals surface area contributed by atoms with E-state index >= 15 is 0 Å². The van der Waals surface area contributed by atoms with E-state index in [1.54, 1.807) is 0 Å². The van der Waals surface area contributed by atoms with E-state index in [2.05, 4.69) is 26.8 Å². The van der Waals surface area contributed by atoms with Crippen LogP contribution in [0, 0.1) is 34.5 Å². The van der Waals surface area contributed by atoms with Gasteiger partial charge in [0.1, 0.15) is 5.60 Å². The standard InChI is InChI=1S/C30H50O5/c1-26(2)20(19(18-31)8-9-22-21(26)12-16-29(22,6)33)10-11-23-28(5)15-13-24(32)27(3,4)35-25(28)14-17-30(23,7)34/h8,20-23,25,31,33-34H,9-18H2,1-7H3/t20-,21-,22-,23-,25-,28-,29-,30+/m1/s1. The molecule has 35 heavy (non-hydrogen) atoms. The van der Waals surface area contributed by atoms with Crippen molar-refractivity contribution in [3.05, 3.63) is 11.6 Å². The van der Waals surface area contributed by atoms with E-state index in [4.69, 9.17) is 4.74 Å². The number of hydrogen-bond donors (Lipinski definition) is 3. The second-order valence-electron chi connectivity index (χ2n) is 14.2. The zero-order valence-electron chi connectivity index (χ0n) is 23.2. The SMILES string of the molecule is CC1(C)O[C@@H]2CC[C@](C)(O)[C@H](CC[C@@H]3C(CO)=CC[C@@H]4[C@@H](CC[C@@]4(C)O)C3(C)C)[C@@]2(C)CCC1=O. The van der Waals surface area contributed by atoms with Gasteiger partial charge in [0.25, 0.3) is 0 Å². The highest BCUT2D eigenvalue weighted by atomic mass is 16.5. The van der Waals surface area contributed by atoms with Gasteiger partial charge in [-0.2, -0.15) is 0 Å². The van der Waals surface area contributed by atoms with E-state index < -0.39 is 16.8 Å². The summed E-state index contributed by atoms with van der Waals surface area (Å²) in [4.78, 5) is 12.8. The molecule has 0 aromatic heterocycles. The second-order valence-corrected chi connectivity index (χ2v) is 14.2. The minimum absolute atomic E-state index is 0.0110. The number of aliphatic hydroxyl groups is 3. The fourth-order valence-electron chi connectivity index (χ4n) is 8.94. The third-order valence-electron chi connectivity index (χ3n) is 11.3. The molecule has 0 aromatic rings. The van der Waals surface area contributed by atoms with E-state index in [0.29, 0.717) is 18.8 Å². The van der Waals surface area contributed by atoms with Gasteiger partial charge in [-0.25, -0.2) is 0 Å². The summed E-state index contributed by atoms with van der Waals surface area (Å²) in [7, 11) is 0. The molecule has 0 aromatic carbocycles. The Morgan fingerprint density at radius 2 is 1.57 bits per heavy atom. The van der Waals surface area contributed by atoms with Crippen molar-refractivity contribution >= 4 is 5.78 Å². The van der Waals surface area contributed by atoms with Crippen LogP contribution >= 0.6 is 0 Å². The average molecular weight is 491 g/mol. The Balaban J connectivity index is 1.62. The van der Waals surface area contributed by atoms with Crippen molar-refractivity contribution in [1.82, 2.24) is 0 Å². The summed E-state index contributed by atoms with van der Waals surface area (Å²) in [6.07, 6.45) is 9.21. The van der Waals surface area contributed by atoms with Crippen LogP contribution in [0.15, 0.2) is 11.6 Å². The van der Waals surface area contributed by atoms with Crippen molar-refractivity contribution in [3.8, 4) is 0 Å². The van der Waals surface area contributed by atoms with Crippen molar-refractivity contribution in [2.75, 3.05) is 6.61 Å². The predicted molar refractivity (Wildman–Crippen MR) is 138 cm³/mol. The highest BCUT2D eigenvalue weighted by molar-refractivity contribution is 5.86. The normalized spacial score (nSPS) is 47.3. The maximum absolute atomic E-state index is 12.8. The Kier molecular flexibility index (Phi) is 6.96. The molecule has 1 saturated heterocycles. The van der Waals surface area contributed by atoms with Gasteiger partial charge < -0.3 is 20.1 Å². The van der Waals surface area contributed by atoms with Crippen LogP contribution in [0.5, 0.6) is 0 Å². The van der Waals surface area contributed by atoms with Crippen LogP contribution in [0.2, 0.25) is 0 Å². The summed E-state index contributed by atoms with van der Waals surface area (Å²) in [5.74, 6) is 0.976. The summed E-state index contributed by atoms with van der Waals surface area (Å²) < 4.78 is 6.48. The number of aliphatic hydroxyl groups excluding tert-OH is 1. The molecule has 1 heterocycles. The molecule has 4 rings (SSSR count). The van der Waals surface area contributed by atoms with Crippen molar-refractivity contribution in [1.29, 1.82) is 0 Å². The summed E-state index contributed by atoms with van der Waals surface area (Å²) >= 11 is 0. The molecule has 8 atom stereocenters. The molecule has 0 bridgehead atoms. The highest BCUT2D eigenvalue weighted by Crippen LogP contribution is 2.59. The van der Waals surface area contributed by atoms with Crippen LogP contribution in [0.4, 0.5) is 0 Å². The maximum atomic E-state index is 12.8. The van der Waals surface area contributed by atoms with E-state index in [0.717, 1.165) is 50.5 Å². The lowest BCUT2D eigenvalue weighted by Crippen LogP contribution is -2.56. The molecule has 3 fully saturated rings. The minimum Gasteiger partial charge on any atom is -0.392 e. The van der Waals surface area contributed by atoms with Crippen molar-refractivity contribution in [2.45, 2.75) is 129 Å². The Morgan fingerprint density at radius 1 is 0.914 bits per heavy atom. The second kappa shape index (κ2) is 8.92.